The van der Waals surface area contributed by atoms with E-state index in [0.29, 0.717) is 28.9 Å². The third-order valence-corrected chi connectivity index (χ3v) is 4.73. The van der Waals surface area contributed by atoms with Crippen LogP contribution < -0.4 is 0 Å². The van der Waals surface area contributed by atoms with Crippen molar-refractivity contribution in [2.45, 2.75) is 42.2 Å². The molecular formula is C15H15ClN2O2S. The Kier molecular flexibility index (Phi) is 4.60. The first-order chi connectivity index (χ1) is 10.2. The van der Waals surface area contributed by atoms with Gasteiger partial charge in [-0.25, -0.2) is 0 Å². The van der Waals surface area contributed by atoms with Crippen LogP contribution in [0.3, 0.4) is 0 Å². The Balaban J connectivity index is 1.63. The van der Waals surface area contributed by atoms with Crippen molar-refractivity contribution in [3.8, 4) is 0 Å². The van der Waals surface area contributed by atoms with Crippen molar-refractivity contribution in [2.24, 2.45) is 0 Å². The Morgan fingerprint density at radius 2 is 2.29 bits per heavy atom. The van der Waals surface area contributed by atoms with Crippen LogP contribution in [0.1, 0.15) is 43.3 Å². The van der Waals surface area contributed by atoms with Gasteiger partial charge in [-0.05, 0) is 31.0 Å². The summed E-state index contributed by atoms with van der Waals surface area (Å²) < 4.78 is 5.27. The van der Waals surface area contributed by atoms with Gasteiger partial charge < -0.3 is 4.52 Å². The molecule has 0 amide bonds. The lowest BCUT2D eigenvalue weighted by molar-refractivity contribution is -0.122. The van der Waals surface area contributed by atoms with Crippen LogP contribution >= 0.6 is 23.4 Å². The minimum atomic E-state index is -0.198. The molecule has 1 unspecified atom stereocenters. The number of carbonyl (C=O) groups is 1. The van der Waals surface area contributed by atoms with Gasteiger partial charge >= 0.3 is 0 Å². The average molecular weight is 323 g/mol. The van der Waals surface area contributed by atoms with Gasteiger partial charge in [-0.3, -0.25) is 4.79 Å². The van der Waals surface area contributed by atoms with Crippen molar-refractivity contribution in [1.82, 2.24) is 10.1 Å². The van der Waals surface area contributed by atoms with E-state index in [0.717, 1.165) is 24.2 Å². The van der Waals surface area contributed by atoms with Crippen molar-refractivity contribution in [2.75, 3.05) is 0 Å². The first kappa shape index (κ1) is 14.6. The molecule has 21 heavy (non-hydrogen) atoms. The molecule has 1 aromatic heterocycles. The number of rotatable bonds is 4. The summed E-state index contributed by atoms with van der Waals surface area (Å²) in [5, 5.41) is 4.68. The first-order valence-electron chi connectivity index (χ1n) is 6.96. The minimum absolute atomic E-state index is 0.198. The van der Waals surface area contributed by atoms with Crippen LogP contribution in [0.15, 0.2) is 33.7 Å². The van der Waals surface area contributed by atoms with E-state index >= 15 is 0 Å². The molecule has 1 aliphatic carbocycles. The molecule has 0 bridgehead atoms. The van der Waals surface area contributed by atoms with E-state index in [1.807, 2.05) is 24.3 Å². The predicted molar refractivity (Wildman–Crippen MR) is 81.5 cm³/mol. The molecule has 1 aliphatic rings. The smallest absolute Gasteiger partial charge is 0.237 e. The molecule has 0 aliphatic heterocycles. The van der Waals surface area contributed by atoms with Crippen LogP contribution in [0.5, 0.6) is 0 Å². The van der Waals surface area contributed by atoms with Crippen molar-refractivity contribution >= 4 is 29.1 Å². The summed E-state index contributed by atoms with van der Waals surface area (Å²) >= 11 is 7.54. The van der Waals surface area contributed by atoms with Crippen molar-refractivity contribution in [3.63, 3.8) is 0 Å². The maximum atomic E-state index is 11.9. The number of ketones is 1. The molecule has 1 fully saturated rings. The van der Waals surface area contributed by atoms with Gasteiger partial charge in [0.1, 0.15) is 5.78 Å². The largest absolute Gasteiger partial charge is 0.339 e. The number of hydrogen-bond acceptors (Lipinski definition) is 5. The summed E-state index contributed by atoms with van der Waals surface area (Å²) in [5.41, 5.74) is 0. The summed E-state index contributed by atoms with van der Waals surface area (Å²) in [7, 11) is 0. The second kappa shape index (κ2) is 6.62. The van der Waals surface area contributed by atoms with Gasteiger partial charge in [-0.15, -0.1) is 11.8 Å². The molecule has 0 saturated heterocycles. The number of carbonyl (C=O) groups excluding carboxylic acids is 1. The summed E-state index contributed by atoms with van der Waals surface area (Å²) in [6.07, 6.45) is 3.47. The predicted octanol–water partition coefficient (Wildman–Crippen LogP) is 4.24. The average Bonchev–Trinajstić information content (AvgIpc) is 2.94. The Labute approximate surface area is 132 Å². The fourth-order valence-corrected chi connectivity index (χ4v) is 3.47. The van der Waals surface area contributed by atoms with E-state index in [1.54, 1.807) is 11.8 Å². The maximum absolute atomic E-state index is 11.9. The van der Waals surface area contributed by atoms with Gasteiger partial charge in [-0.1, -0.05) is 29.2 Å². The van der Waals surface area contributed by atoms with Crippen LogP contribution in [0.2, 0.25) is 5.02 Å². The normalized spacial score (nSPS) is 18.9. The molecule has 1 aromatic carbocycles. The quantitative estimate of drug-likeness (QED) is 0.788. The zero-order chi connectivity index (χ0) is 14.7. The molecule has 0 N–H and O–H groups in total. The second-order valence-corrected chi connectivity index (χ2v) is 6.54. The summed E-state index contributed by atoms with van der Waals surface area (Å²) in [6, 6.07) is 7.64. The highest BCUT2D eigenvalue weighted by Crippen LogP contribution is 2.30. The fourth-order valence-electron chi connectivity index (χ4n) is 2.42. The van der Waals surface area contributed by atoms with Crippen molar-refractivity contribution in [1.29, 1.82) is 0 Å². The monoisotopic (exact) mass is 322 g/mol. The molecular weight excluding hydrogens is 308 g/mol. The molecule has 3 rings (SSSR count). The van der Waals surface area contributed by atoms with Crippen molar-refractivity contribution in [3.05, 3.63) is 41.0 Å². The maximum Gasteiger partial charge on any atom is 0.237 e. The number of benzene rings is 1. The van der Waals surface area contributed by atoms with E-state index < -0.39 is 0 Å². The van der Waals surface area contributed by atoms with Gasteiger partial charge in [0.25, 0.3) is 0 Å². The third-order valence-electron chi connectivity index (χ3n) is 3.50. The zero-order valence-corrected chi connectivity index (χ0v) is 13.0. The highest BCUT2D eigenvalue weighted by atomic mass is 35.5. The van der Waals surface area contributed by atoms with Gasteiger partial charge in [0, 0.05) is 16.3 Å². The number of aromatic nitrogens is 2. The van der Waals surface area contributed by atoms with Gasteiger partial charge in [0.05, 0.1) is 11.7 Å². The summed E-state index contributed by atoms with van der Waals surface area (Å²) in [6.45, 7) is 0. The van der Waals surface area contributed by atoms with Crippen LogP contribution in [0, 0.1) is 0 Å². The molecule has 6 heteroatoms. The fraction of sp³-hybridized carbons (Fsp3) is 0.400. The molecule has 1 saturated carbocycles. The lowest BCUT2D eigenvalue weighted by Crippen LogP contribution is -2.17. The Morgan fingerprint density at radius 3 is 3.10 bits per heavy atom. The Hall–Kier alpha value is -1.33. The SMILES string of the molecule is O=C1CCCCC1c1nc(CSc2cccc(Cl)c2)no1. The van der Waals surface area contributed by atoms with Crippen LogP contribution in [0.25, 0.3) is 0 Å². The lowest BCUT2D eigenvalue weighted by atomic mass is 9.88. The summed E-state index contributed by atoms with van der Waals surface area (Å²) in [5.74, 6) is 1.72. The Bertz CT molecular complexity index is 644. The van der Waals surface area contributed by atoms with E-state index in [4.69, 9.17) is 16.1 Å². The van der Waals surface area contributed by atoms with E-state index in [-0.39, 0.29) is 11.7 Å². The standard InChI is InChI=1S/C15H15ClN2O2S/c16-10-4-3-5-11(8-10)21-9-14-17-15(20-18-14)12-6-1-2-7-13(12)19/h3-5,8,12H,1-2,6-7,9H2. The zero-order valence-electron chi connectivity index (χ0n) is 11.4. The van der Waals surface area contributed by atoms with Crippen LogP contribution in [-0.4, -0.2) is 15.9 Å². The molecule has 0 spiro atoms. The number of nitrogens with zero attached hydrogens (tertiary/aromatic N) is 2. The molecule has 110 valence electrons. The highest BCUT2D eigenvalue weighted by Gasteiger charge is 2.28. The number of halogens is 1. The van der Waals surface area contributed by atoms with Crippen LogP contribution in [-0.2, 0) is 10.5 Å². The molecule has 4 nitrogen and oxygen atoms in total. The van der Waals surface area contributed by atoms with Gasteiger partial charge in [0.15, 0.2) is 5.82 Å². The molecule has 1 heterocycles. The topological polar surface area (TPSA) is 56.0 Å². The second-order valence-electron chi connectivity index (χ2n) is 5.06. The van der Waals surface area contributed by atoms with E-state index in [9.17, 15) is 4.79 Å². The molecule has 0 radical (unpaired) electrons. The number of hydrogen-bond donors (Lipinski definition) is 0. The minimum Gasteiger partial charge on any atom is -0.339 e. The molecule has 1 atom stereocenters. The van der Waals surface area contributed by atoms with E-state index in [2.05, 4.69) is 10.1 Å². The molecule has 2 aromatic rings. The lowest BCUT2D eigenvalue weighted by Gasteiger charge is -2.16. The van der Waals surface area contributed by atoms with Gasteiger partial charge in [-0.2, -0.15) is 4.98 Å². The van der Waals surface area contributed by atoms with Gasteiger partial charge in [0.2, 0.25) is 5.89 Å². The van der Waals surface area contributed by atoms with E-state index in [1.165, 1.54) is 0 Å². The third kappa shape index (κ3) is 3.66. The number of Topliss-reactive ketones (excluding diaryl/α,β-unsaturated/α-hetero) is 1. The van der Waals surface area contributed by atoms with Crippen molar-refractivity contribution < 1.29 is 9.32 Å². The summed E-state index contributed by atoms with van der Waals surface area (Å²) in [4.78, 5) is 17.3. The first-order valence-corrected chi connectivity index (χ1v) is 8.32. The number of thioether (sulfide) groups is 1. The van der Waals surface area contributed by atoms with Crippen LogP contribution in [0.4, 0.5) is 0 Å². The highest BCUT2D eigenvalue weighted by molar-refractivity contribution is 7.98. The Morgan fingerprint density at radius 1 is 1.38 bits per heavy atom.